The van der Waals surface area contributed by atoms with Crippen molar-refractivity contribution in [2.45, 2.75) is 64.2 Å². The monoisotopic (exact) mass is 244 g/mol. The van der Waals surface area contributed by atoms with Crippen molar-refractivity contribution < 1.29 is 4.79 Å². The highest BCUT2D eigenvalue weighted by atomic mass is 16.1. The molecular weight excluding hydrogens is 220 g/mol. The first-order valence-corrected chi connectivity index (χ1v) is 7.29. The van der Waals surface area contributed by atoms with Crippen molar-refractivity contribution in [2.75, 3.05) is 0 Å². The fourth-order valence-electron chi connectivity index (χ4n) is 3.22. The number of carbonyl (C=O) groups is 1. The van der Waals surface area contributed by atoms with Crippen molar-refractivity contribution in [2.24, 2.45) is 0 Å². The molecule has 0 atom stereocenters. The van der Waals surface area contributed by atoms with Gasteiger partial charge < -0.3 is 0 Å². The number of aryl methyl sites for hydroxylation is 1. The normalized spacial score (nSPS) is 18.6. The van der Waals surface area contributed by atoms with E-state index in [9.17, 15) is 4.79 Å². The van der Waals surface area contributed by atoms with Gasteiger partial charge in [-0.25, -0.2) is 0 Å². The smallest absolute Gasteiger partial charge is 0.143 e. The van der Waals surface area contributed by atoms with Gasteiger partial charge in [0.25, 0.3) is 0 Å². The second kappa shape index (κ2) is 5.69. The van der Waals surface area contributed by atoms with Crippen molar-refractivity contribution in [1.29, 1.82) is 0 Å². The van der Waals surface area contributed by atoms with Crippen molar-refractivity contribution in [3.05, 3.63) is 35.4 Å². The molecule has 1 heteroatoms. The van der Waals surface area contributed by atoms with Gasteiger partial charge >= 0.3 is 0 Å². The minimum Gasteiger partial charge on any atom is -0.299 e. The first kappa shape index (κ1) is 13.3. The molecular formula is C17H24O. The second-order valence-corrected chi connectivity index (χ2v) is 5.68. The van der Waals surface area contributed by atoms with Crippen LogP contribution in [0.3, 0.4) is 0 Å². The van der Waals surface area contributed by atoms with Gasteiger partial charge in [0, 0.05) is 6.42 Å². The molecule has 0 N–H and O–H groups in total. The van der Waals surface area contributed by atoms with E-state index in [4.69, 9.17) is 0 Å². The van der Waals surface area contributed by atoms with E-state index in [2.05, 4.69) is 38.1 Å². The molecule has 0 amide bonds. The predicted molar refractivity (Wildman–Crippen MR) is 75.9 cm³/mol. The summed E-state index contributed by atoms with van der Waals surface area (Å²) < 4.78 is 0. The maximum absolute atomic E-state index is 12.6. The minimum atomic E-state index is -0.165. The summed E-state index contributed by atoms with van der Waals surface area (Å²) in [6, 6.07) is 8.64. The van der Waals surface area contributed by atoms with Crippen LogP contribution in [0.4, 0.5) is 0 Å². The summed E-state index contributed by atoms with van der Waals surface area (Å²) >= 11 is 0. The molecule has 1 aromatic carbocycles. The predicted octanol–water partition coefficient (Wildman–Crippen LogP) is 4.57. The number of carbonyl (C=O) groups excluding carboxylic acids is 1. The zero-order chi connectivity index (χ0) is 13.0. The van der Waals surface area contributed by atoms with Gasteiger partial charge in [0.05, 0.1) is 5.41 Å². The third kappa shape index (κ3) is 2.50. The molecule has 18 heavy (non-hydrogen) atoms. The molecule has 98 valence electrons. The Kier molecular flexibility index (Phi) is 4.21. The van der Waals surface area contributed by atoms with Crippen LogP contribution in [0.5, 0.6) is 0 Å². The first-order valence-electron chi connectivity index (χ1n) is 7.29. The van der Waals surface area contributed by atoms with Gasteiger partial charge in [-0.1, -0.05) is 56.0 Å². The van der Waals surface area contributed by atoms with Crippen molar-refractivity contribution in [1.82, 2.24) is 0 Å². The Morgan fingerprint density at radius 1 is 1.11 bits per heavy atom. The highest BCUT2D eigenvalue weighted by Crippen LogP contribution is 2.41. The average molecular weight is 244 g/mol. The maximum Gasteiger partial charge on any atom is 0.143 e. The van der Waals surface area contributed by atoms with Gasteiger partial charge in [-0.2, -0.15) is 0 Å². The van der Waals surface area contributed by atoms with Crippen molar-refractivity contribution in [3.63, 3.8) is 0 Å². The molecule has 0 bridgehead atoms. The van der Waals surface area contributed by atoms with E-state index < -0.39 is 0 Å². The van der Waals surface area contributed by atoms with Crippen LogP contribution in [-0.4, -0.2) is 5.78 Å². The number of ketones is 1. The molecule has 0 heterocycles. The summed E-state index contributed by atoms with van der Waals surface area (Å²) in [7, 11) is 0. The van der Waals surface area contributed by atoms with E-state index in [-0.39, 0.29) is 5.41 Å². The lowest BCUT2D eigenvalue weighted by Crippen LogP contribution is -2.37. The summed E-state index contributed by atoms with van der Waals surface area (Å²) in [6.07, 6.45) is 7.48. The van der Waals surface area contributed by atoms with Gasteiger partial charge in [-0.15, -0.1) is 0 Å². The van der Waals surface area contributed by atoms with Crippen molar-refractivity contribution in [3.8, 4) is 0 Å². The number of hydrogen-bond donors (Lipinski definition) is 0. The Labute approximate surface area is 111 Å². The Morgan fingerprint density at radius 3 is 2.28 bits per heavy atom. The largest absolute Gasteiger partial charge is 0.299 e. The molecule has 1 fully saturated rings. The van der Waals surface area contributed by atoms with E-state index in [1.165, 1.54) is 30.4 Å². The fourth-order valence-corrected chi connectivity index (χ4v) is 3.22. The second-order valence-electron chi connectivity index (χ2n) is 5.68. The molecule has 0 spiro atoms. The molecule has 1 aromatic rings. The van der Waals surface area contributed by atoms with Crippen LogP contribution in [-0.2, 0) is 10.2 Å². The molecule has 1 nitrogen and oxygen atoms in total. The average Bonchev–Trinajstić information content (AvgIpc) is 2.40. The molecule has 1 saturated carbocycles. The number of hydrogen-bond acceptors (Lipinski definition) is 1. The summed E-state index contributed by atoms with van der Waals surface area (Å²) in [5, 5.41) is 0. The number of Topliss-reactive ketones (excluding diaryl/α,β-unsaturated/α-hetero) is 1. The third-order valence-corrected chi connectivity index (χ3v) is 4.32. The van der Waals surface area contributed by atoms with Crippen LogP contribution < -0.4 is 0 Å². The van der Waals surface area contributed by atoms with E-state index >= 15 is 0 Å². The molecule has 0 unspecified atom stereocenters. The van der Waals surface area contributed by atoms with Gasteiger partial charge in [0.1, 0.15) is 5.78 Å². The van der Waals surface area contributed by atoms with Crippen LogP contribution in [0.2, 0.25) is 0 Å². The maximum atomic E-state index is 12.6. The molecule has 0 saturated heterocycles. The first-order chi connectivity index (χ1) is 8.69. The standard InChI is InChI=1S/C17H24O/c1-3-7-16(18)17(12-5-4-6-13-17)15-10-8-14(2)9-11-15/h8-11H,3-7,12-13H2,1-2H3. The van der Waals surface area contributed by atoms with Crippen LogP contribution in [0, 0.1) is 6.92 Å². The molecule has 0 radical (unpaired) electrons. The Morgan fingerprint density at radius 2 is 1.72 bits per heavy atom. The summed E-state index contributed by atoms with van der Waals surface area (Å²) in [5.41, 5.74) is 2.36. The molecule has 1 aliphatic carbocycles. The van der Waals surface area contributed by atoms with Gasteiger partial charge in [-0.3, -0.25) is 4.79 Å². The summed E-state index contributed by atoms with van der Waals surface area (Å²) in [4.78, 5) is 12.6. The summed E-state index contributed by atoms with van der Waals surface area (Å²) in [5.74, 6) is 0.466. The minimum absolute atomic E-state index is 0.165. The van der Waals surface area contributed by atoms with E-state index in [0.29, 0.717) is 5.78 Å². The molecule has 2 rings (SSSR count). The molecule has 0 aliphatic heterocycles. The lowest BCUT2D eigenvalue weighted by atomic mass is 9.66. The third-order valence-electron chi connectivity index (χ3n) is 4.32. The van der Waals surface area contributed by atoms with Crippen LogP contribution in [0.1, 0.15) is 63.0 Å². The quantitative estimate of drug-likeness (QED) is 0.758. The SMILES string of the molecule is CCCC(=O)C1(c2ccc(C)cc2)CCCCC1. The van der Waals surface area contributed by atoms with E-state index in [1.807, 2.05) is 0 Å². The number of rotatable bonds is 4. The Hall–Kier alpha value is -1.11. The zero-order valence-electron chi connectivity index (χ0n) is 11.7. The highest BCUT2D eigenvalue weighted by molar-refractivity contribution is 5.90. The lowest BCUT2D eigenvalue weighted by molar-refractivity contribution is -0.125. The van der Waals surface area contributed by atoms with Gasteiger partial charge in [0.15, 0.2) is 0 Å². The van der Waals surface area contributed by atoms with Crippen LogP contribution in [0.15, 0.2) is 24.3 Å². The molecule has 0 aromatic heterocycles. The fraction of sp³-hybridized carbons (Fsp3) is 0.588. The molecule has 1 aliphatic rings. The Bertz CT molecular complexity index is 396. The Balaban J connectivity index is 2.34. The zero-order valence-corrected chi connectivity index (χ0v) is 11.7. The highest BCUT2D eigenvalue weighted by Gasteiger charge is 2.39. The lowest BCUT2D eigenvalue weighted by Gasteiger charge is -2.36. The van der Waals surface area contributed by atoms with Gasteiger partial charge in [0.2, 0.25) is 0 Å². The summed E-state index contributed by atoms with van der Waals surface area (Å²) in [6.45, 7) is 4.20. The van der Waals surface area contributed by atoms with Crippen LogP contribution >= 0.6 is 0 Å². The number of benzene rings is 1. The van der Waals surface area contributed by atoms with Gasteiger partial charge in [-0.05, 0) is 31.7 Å². The van der Waals surface area contributed by atoms with E-state index in [1.54, 1.807) is 0 Å². The van der Waals surface area contributed by atoms with E-state index in [0.717, 1.165) is 25.7 Å². The van der Waals surface area contributed by atoms with Crippen LogP contribution in [0.25, 0.3) is 0 Å². The topological polar surface area (TPSA) is 17.1 Å². The van der Waals surface area contributed by atoms with Crippen molar-refractivity contribution >= 4 is 5.78 Å².